The topological polar surface area (TPSA) is 78.4 Å². The van der Waals surface area contributed by atoms with Crippen molar-refractivity contribution in [3.63, 3.8) is 0 Å². The molecule has 0 heterocycles. The zero-order valence-electron chi connectivity index (χ0n) is 13.3. The number of rotatable bonds is 4. The van der Waals surface area contributed by atoms with Crippen molar-refractivity contribution in [1.29, 1.82) is 0 Å². The van der Waals surface area contributed by atoms with Crippen molar-refractivity contribution < 1.29 is 14.7 Å². The molecule has 0 aliphatic heterocycles. The molecule has 0 aliphatic rings. The predicted octanol–water partition coefficient (Wildman–Crippen LogP) is 3.36. The van der Waals surface area contributed by atoms with Crippen LogP contribution < -0.4 is 10.6 Å². The van der Waals surface area contributed by atoms with Crippen LogP contribution in [0.15, 0.2) is 24.3 Å². The Hall–Kier alpha value is -2.04. The number of amides is 2. The average Bonchev–Trinajstić information content (AvgIpc) is 2.24. The minimum atomic E-state index is -0.949. The molecule has 0 aromatic heterocycles. The summed E-state index contributed by atoms with van der Waals surface area (Å²) in [6.07, 6.45) is -0.138. The summed E-state index contributed by atoms with van der Waals surface area (Å²) in [4.78, 5) is 22.8. The van der Waals surface area contributed by atoms with Crippen molar-refractivity contribution in [2.24, 2.45) is 0 Å². The Balaban J connectivity index is 2.83. The number of anilines is 1. The number of hydrogen-bond donors (Lipinski definition) is 3. The first-order valence-corrected chi connectivity index (χ1v) is 6.92. The average molecular weight is 292 g/mol. The lowest BCUT2D eigenvalue weighted by atomic mass is 9.86. The van der Waals surface area contributed by atoms with Gasteiger partial charge in [0.1, 0.15) is 0 Å². The first kappa shape index (κ1) is 17.0. The highest BCUT2D eigenvalue weighted by atomic mass is 16.4. The number of carboxylic acid groups (broad SMARTS) is 1. The summed E-state index contributed by atoms with van der Waals surface area (Å²) in [5.41, 5.74) is 0.845. The summed E-state index contributed by atoms with van der Waals surface area (Å²) in [5.74, 6) is -0.949. The predicted molar refractivity (Wildman–Crippen MR) is 83.6 cm³/mol. The molecule has 0 fully saturated rings. The maximum atomic E-state index is 12.1. The third-order valence-corrected chi connectivity index (χ3v) is 3.03. The number of hydrogen-bond acceptors (Lipinski definition) is 2. The van der Waals surface area contributed by atoms with E-state index in [0.29, 0.717) is 0 Å². The Morgan fingerprint density at radius 2 is 1.67 bits per heavy atom. The van der Waals surface area contributed by atoms with Gasteiger partial charge in [-0.15, -0.1) is 0 Å². The minimum Gasteiger partial charge on any atom is -0.481 e. The lowest BCUT2D eigenvalue weighted by Crippen LogP contribution is -2.47. The summed E-state index contributed by atoms with van der Waals surface area (Å²) in [7, 11) is 0. The highest BCUT2D eigenvalue weighted by molar-refractivity contribution is 5.91. The molecule has 0 bridgehead atoms. The van der Waals surface area contributed by atoms with Gasteiger partial charge in [-0.2, -0.15) is 0 Å². The fraction of sp³-hybridized carbons (Fsp3) is 0.500. The quantitative estimate of drug-likeness (QED) is 0.796. The first-order valence-electron chi connectivity index (χ1n) is 6.92. The molecule has 1 aromatic carbocycles. The third-order valence-electron chi connectivity index (χ3n) is 3.03. The second kappa shape index (κ2) is 6.16. The third kappa shape index (κ3) is 5.45. The Morgan fingerprint density at radius 1 is 1.10 bits per heavy atom. The maximum absolute atomic E-state index is 12.1. The molecule has 0 atom stereocenters. The van der Waals surface area contributed by atoms with E-state index in [2.05, 4.69) is 31.4 Å². The number of para-hydroxylation sites is 1. The maximum Gasteiger partial charge on any atom is 0.319 e. The molecule has 5 nitrogen and oxygen atoms in total. The van der Waals surface area contributed by atoms with Gasteiger partial charge in [-0.3, -0.25) is 4.79 Å². The molecule has 0 radical (unpaired) electrons. The van der Waals surface area contributed by atoms with E-state index in [9.17, 15) is 9.59 Å². The number of carbonyl (C=O) groups excluding carboxylic acids is 1. The number of urea groups is 1. The van der Waals surface area contributed by atoms with E-state index in [1.54, 1.807) is 13.8 Å². The molecule has 1 aromatic rings. The van der Waals surface area contributed by atoms with Crippen molar-refractivity contribution in [2.75, 3.05) is 5.32 Å². The van der Waals surface area contributed by atoms with Gasteiger partial charge in [0.05, 0.1) is 6.42 Å². The van der Waals surface area contributed by atoms with Gasteiger partial charge in [-0.05, 0) is 30.9 Å². The largest absolute Gasteiger partial charge is 0.481 e. The van der Waals surface area contributed by atoms with Crippen molar-refractivity contribution in [3.8, 4) is 0 Å². The molecule has 5 heteroatoms. The van der Waals surface area contributed by atoms with Crippen LogP contribution in [0.2, 0.25) is 0 Å². The van der Waals surface area contributed by atoms with Crippen LogP contribution >= 0.6 is 0 Å². The van der Waals surface area contributed by atoms with Gasteiger partial charge in [-0.1, -0.05) is 39.0 Å². The monoisotopic (exact) mass is 292 g/mol. The van der Waals surface area contributed by atoms with Crippen molar-refractivity contribution in [3.05, 3.63) is 29.8 Å². The molecule has 0 unspecified atom stereocenters. The summed E-state index contributed by atoms with van der Waals surface area (Å²) in [6, 6.07) is 7.19. The summed E-state index contributed by atoms with van der Waals surface area (Å²) in [5, 5.41) is 14.3. The molecule has 2 amide bonds. The molecular weight excluding hydrogens is 268 g/mol. The standard InChI is InChI=1S/C16H24N2O3/c1-15(2,3)11-8-6-7-9-12(11)17-14(21)18-16(4,5)10-13(19)20/h6-9H,10H2,1-5H3,(H,19,20)(H2,17,18,21). The van der Waals surface area contributed by atoms with Crippen LogP contribution in [0.25, 0.3) is 0 Å². The van der Waals surface area contributed by atoms with E-state index >= 15 is 0 Å². The van der Waals surface area contributed by atoms with Gasteiger partial charge in [0, 0.05) is 11.2 Å². The zero-order valence-corrected chi connectivity index (χ0v) is 13.3. The van der Waals surface area contributed by atoms with Gasteiger partial charge in [0.25, 0.3) is 0 Å². The highest BCUT2D eigenvalue weighted by Crippen LogP contribution is 2.29. The summed E-state index contributed by atoms with van der Waals surface area (Å²) in [6.45, 7) is 9.56. The molecule has 0 saturated heterocycles. The van der Waals surface area contributed by atoms with Crippen LogP contribution in [0.4, 0.5) is 10.5 Å². The molecule has 1 rings (SSSR count). The fourth-order valence-corrected chi connectivity index (χ4v) is 2.13. The lowest BCUT2D eigenvalue weighted by molar-refractivity contribution is -0.138. The van der Waals surface area contributed by atoms with E-state index in [1.165, 1.54) is 0 Å². The van der Waals surface area contributed by atoms with E-state index in [1.807, 2.05) is 24.3 Å². The van der Waals surface area contributed by atoms with Crippen LogP contribution in [0.3, 0.4) is 0 Å². The molecular formula is C16H24N2O3. The highest BCUT2D eigenvalue weighted by Gasteiger charge is 2.25. The van der Waals surface area contributed by atoms with Crippen LogP contribution in [-0.2, 0) is 10.2 Å². The Morgan fingerprint density at radius 3 is 2.19 bits per heavy atom. The van der Waals surface area contributed by atoms with Crippen molar-refractivity contribution in [1.82, 2.24) is 5.32 Å². The number of carboxylic acids is 1. The van der Waals surface area contributed by atoms with Crippen molar-refractivity contribution >= 4 is 17.7 Å². The molecule has 116 valence electrons. The van der Waals surface area contributed by atoms with Crippen LogP contribution in [0.5, 0.6) is 0 Å². The Labute approximate surface area is 125 Å². The van der Waals surface area contributed by atoms with Crippen molar-refractivity contribution in [2.45, 2.75) is 52.0 Å². The fourth-order valence-electron chi connectivity index (χ4n) is 2.13. The molecule has 0 aliphatic carbocycles. The molecule has 0 saturated carbocycles. The van der Waals surface area contributed by atoms with Crippen LogP contribution in [-0.4, -0.2) is 22.6 Å². The summed E-state index contributed by atoms with van der Waals surface area (Å²) < 4.78 is 0. The second-order valence-electron chi connectivity index (χ2n) is 6.83. The Bertz CT molecular complexity index is 531. The van der Waals surface area contributed by atoms with E-state index in [4.69, 9.17) is 5.11 Å². The van der Waals surface area contributed by atoms with Gasteiger partial charge in [0.15, 0.2) is 0 Å². The number of nitrogens with one attached hydrogen (secondary N) is 2. The van der Waals surface area contributed by atoms with Gasteiger partial charge in [0.2, 0.25) is 0 Å². The Kier molecular flexibility index (Phi) is 4.99. The number of benzene rings is 1. The van der Waals surface area contributed by atoms with Crippen LogP contribution in [0.1, 0.15) is 46.6 Å². The summed E-state index contributed by atoms with van der Waals surface area (Å²) >= 11 is 0. The smallest absolute Gasteiger partial charge is 0.319 e. The van der Waals surface area contributed by atoms with E-state index < -0.39 is 17.5 Å². The van der Waals surface area contributed by atoms with E-state index in [0.717, 1.165) is 11.3 Å². The van der Waals surface area contributed by atoms with Crippen LogP contribution in [0, 0.1) is 0 Å². The minimum absolute atomic E-state index is 0.0968. The number of aliphatic carboxylic acids is 1. The zero-order chi connectivity index (χ0) is 16.3. The van der Waals surface area contributed by atoms with E-state index in [-0.39, 0.29) is 11.8 Å². The van der Waals surface area contributed by atoms with Gasteiger partial charge in [-0.25, -0.2) is 4.79 Å². The number of carbonyl (C=O) groups is 2. The SMILES string of the molecule is CC(C)(CC(=O)O)NC(=O)Nc1ccccc1C(C)(C)C. The second-order valence-corrected chi connectivity index (χ2v) is 6.83. The molecule has 3 N–H and O–H groups in total. The molecule has 0 spiro atoms. The van der Waals surface area contributed by atoms with Gasteiger partial charge >= 0.3 is 12.0 Å². The van der Waals surface area contributed by atoms with Gasteiger partial charge < -0.3 is 15.7 Å². The normalized spacial score (nSPS) is 11.9. The first-order chi connectivity index (χ1) is 9.51. The lowest BCUT2D eigenvalue weighted by Gasteiger charge is -2.26. The molecule has 21 heavy (non-hydrogen) atoms.